The van der Waals surface area contributed by atoms with Gasteiger partial charge in [0.1, 0.15) is 0 Å². The maximum atomic E-state index is 10.7. The monoisotopic (exact) mass is 234 g/mol. The highest BCUT2D eigenvalue weighted by molar-refractivity contribution is 7.89. The molecule has 1 rings (SSSR count). The Labute approximate surface area is 92.7 Å². The minimum Gasteiger partial charge on any atom is -0.313 e. The lowest BCUT2D eigenvalue weighted by Gasteiger charge is -2.15. The topological polar surface area (TPSA) is 72.2 Å². The third kappa shape index (κ3) is 6.12. The lowest BCUT2D eigenvalue weighted by Crippen LogP contribution is -2.34. The molecular weight excluding hydrogens is 212 g/mol. The number of sulfonamides is 1. The highest BCUT2D eigenvalue weighted by Gasteiger charge is 2.15. The predicted octanol–water partition coefficient (Wildman–Crippen LogP) is 0.833. The molecule has 15 heavy (non-hydrogen) atoms. The second kappa shape index (κ2) is 5.82. The van der Waals surface area contributed by atoms with Gasteiger partial charge in [-0.3, -0.25) is 0 Å². The Morgan fingerprint density at radius 3 is 2.67 bits per heavy atom. The SMILES string of the molecule is CC1CCCC(NCCS(N)(=O)=O)CC1. The van der Waals surface area contributed by atoms with Gasteiger partial charge in [0, 0.05) is 12.6 Å². The maximum absolute atomic E-state index is 10.7. The first-order chi connectivity index (χ1) is 6.97. The molecule has 2 atom stereocenters. The number of rotatable bonds is 4. The molecule has 0 radical (unpaired) electrons. The van der Waals surface area contributed by atoms with E-state index in [1.165, 1.54) is 19.3 Å². The summed E-state index contributed by atoms with van der Waals surface area (Å²) in [6.45, 7) is 2.77. The fourth-order valence-corrected chi connectivity index (χ4v) is 2.50. The second-order valence-electron chi connectivity index (χ2n) is 4.63. The quantitative estimate of drug-likeness (QED) is 0.708. The molecule has 0 heterocycles. The molecule has 0 aromatic heterocycles. The van der Waals surface area contributed by atoms with Crippen LogP contribution in [0.5, 0.6) is 0 Å². The summed E-state index contributed by atoms with van der Waals surface area (Å²) in [4.78, 5) is 0. The Bertz CT molecular complexity index is 277. The van der Waals surface area contributed by atoms with E-state index in [0.29, 0.717) is 12.6 Å². The summed E-state index contributed by atoms with van der Waals surface area (Å²) in [5, 5.41) is 8.22. The molecule has 0 spiro atoms. The van der Waals surface area contributed by atoms with Gasteiger partial charge in [0.25, 0.3) is 0 Å². The smallest absolute Gasteiger partial charge is 0.210 e. The normalized spacial score (nSPS) is 28.7. The molecule has 0 aromatic rings. The molecule has 5 heteroatoms. The van der Waals surface area contributed by atoms with Crippen molar-refractivity contribution in [1.82, 2.24) is 5.32 Å². The molecule has 0 amide bonds. The van der Waals surface area contributed by atoms with E-state index in [2.05, 4.69) is 12.2 Å². The second-order valence-corrected chi connectivity index (χ2v) is 6.37. The van der Waals surface area contributed by atoms with E-state index in [1.807, 2.05) is 0 Å². The van der Waals surface area contributed by atoms with E-state index in [1.54, 1.807) is 0 Å². The lowest BCUT2D eigenvalue weighted by atomic mass is 10.0. The molecule has 4 nitrogen and oxygen atoms in total. The minimum absolute atomic E-state index is 0.0407. The van der Waals surface area contributed by atoms with Gasteiger partial charge in [-0.05, 0) is 25.2 Å². The lowest BCUT2D eigenvalue weighted by molar-refractivity contribution is 0.457. The van der Waals surface area contributed by atoms with Crippen molar-refractivity contribution < 1.29 is 8.42 Å². The van der Waals surface area contributed by atoms with Crippen LogP contribution >= 0.6 is 0 Å². The summed E-state index contributed by atoms with van der Waals surface area (Å²) in [6, 6.07) is 0.483. The molecule has 0 aliphatic heterocycles. The van der Waals surface area contributed by atoms with Gasteiger partial charge >= 0.3 is 0 Å². The third-order valence-electron chi connectivity index (χ3n) is 3.08. The van der Waals surface area contributed by atoms with Gasteiger partial charge in [-0.15, -0.1) is 0 Å². The molecule has 90 valence electrons. The van der Waals surface area contributed by atoms with Crippen molar-refractivity contribution in [2.75, 3.05) is 12.3 Å². The maximum Gasteiger partial charge on any atom is 0.210 e. The standard InChI is InChI=1S/C10H22N2O2S/c1-9-3-2-4-10(6-5-9)12-7-8-15(11,13)14/h9-10,12H,2-8H2,1H3,(H2,11,13,14). The van der Waals surface area contributed by atoms with Gasteiger partial charge in [0.2, 0.25) is 10.0 Å². The summed E-state index contributed by atoms with van der Waals surface area (Å²) < 4.78 is 21.5. The van der Waals surface area contributed by atoms with Crippen LogP contribution in [0, 0.1) is 5.92 Å². The van der Waals surface area contributed by atoms with Gasteiger partial charge in [-0.25, -0.2) is 13.6 Å². The van der Waals surface area contributed by atoms with Crippen LogP contribution in [0.25, 0.3) is 0 Å². The Morgan fingerprint density at radius 2 is 2.00 bits per heavy atom. The van der Waals surface area contributed by atoms with E-state index in [0.717, 1.165) is 18.8 Å². The number of primary sulfonamides is 1. The average molecular weight is 234 g/mol. The van der Waals surface area contributed by atoms with Crippen LogP contribution in [0.15, 0.2) is 0 Å². The average Bonchev–Trinajstić information content (AvgIpc) is 2.29. The molecule has 3 N–H and O–H groups in total. The zero-order chi connectivity index (χ0) is 11.3. The van der Waals surface area contributed by atoms with Gasteiger partial charge in [-0.2, -0.15) is 0 Å². The van der Waals surface area contributed by atoms with E-state index >= 15 is 0 Å². The Hall–Kier alpha value is -0.130. The van der Waals surface area contributed by atoms with Crippen molar-refractivity contribution in [2.24, 2.45) is 11.1 Å². The first-order valence-corrected chi connectivity index (χ1v) is 7.43. The van der Waals surface area contributed by atoms with Crippen molar-refractivity contribution >= 4 is 10.0 Å². The molecule has 0 aromatic carbocycles. The first-order valence-electron chi connectivity index (χ1n) is 5.71. The van der Waals surface area contributed by atoms with Crippen LogP contribution < -0.4 is 10.5 Å². The van der Waals surface area contributed by atoms with Crippen molar-refractivity contribution in [2.45, 2.75) is 45.1 Å². The summed E-state index contributed by atoms with van der Waals surface area (Å²) in [7, 11) is -3.31. The fourth-order valence-electron chi connectivity index (χ4n) is 2.10. The Balaban J connectivity index is 2.21. The zero-order valence-electron chi connectivity index (χ0n) is 9.41. The van der Waals surface area contributed by atoms with Crippen LogP contribution in [-0.2, 0) is 10.0 Å². The molecule has 1 aliphatic carbocycles. The molecule has 1 aliphatic rings. The van der Waals surface area contributed by atoms with E-state index in [9.17, 15) is 8.42 Å². The third-order valence-corrected chi connectivity index (χ3v) is 3.85. The van der Waals surface area contributed by atoms with Gasteiger partial charge in [0.15, 0.2) is 0 Å². The molecular formula is C10H22N2O2S. The number of hydrogen-bond donors (Lipinski definition) is 2. The van der Waals surface area contributed by atoms with Gasteiger partial charge in [0.05, 0.1) is 5.75 Å². The van der Waals surface area contributed by atoms with E-state index in [-0.39, 0.29) is 5.75 Å². The predicted molar refractivity (Wildman–Crippen MR) is 62.0 cm³/mol. The van der Waals surface area contributed by atoms with E-state index in [4.69, 9.17) is 5.14 Å². The number of nitrogens with one attached hydrogen (secondary N) is 1. The van der Waals surface area contributed by atoms with E-state index < -0.39 is 10.0 Å². The van der Waals surface area contributed by atoms with Crippen molar-refractivity contribution in [1.29, 1.82) is 0 Å². The van der Waals surface area contributed by atoms with Gasteiger partial charge in [-0.1, -0.05) is 19.8 Å². The summed E-state index contributed by atoms with van der Waals surface area (Å²) >= 11 is 0. The highest BCUT2D eigenvalue weighted by Crippen LogP contribution is 2.22. The molecule has 1 saturated carbocycles. The molecule has 1 fully saturated rings. The first kappa shape index (κ1) is 12.9. The summed E-state index contributed by atoms with van der Waals surface area (Å²) in [5.41, 5.74) is 0. The Morgan fingerprint density at radius 1 is 1.27 bits per heavy atom. The van der Waals surface area contributed by atoms with Crippen molar-refractivity contribution in [3.63, 3.8) is 0 Å². The fraction of sp³-hybridized carbons (Fsp3) is 1.00. The largest absolute Gasteiger partial charge is 0.313 e. The molecule has 0 saturated heterocycles. The Kier molecular flexibility index (Phi) is 5.02. The zero-order valence-corrected chi connectivity index (χ0v) is 10.2. The summed E-state index contributed by atoms with van der Waals surface area (Å²) in [5.74, 6) is 0.856. The van der Waals surface area contributed by atoms with Crippen LogP contribution in [0.2, 0.25) is 0 Å². The number of nitrogens with two attached hydrogens (primary N) is 1. The number of hydrogen-bond acceptors (Lipinski definition) is 3. The van der Waals surface area contributed by atoms with Crippen molar-refractivity contribution in [3.8, 4) is 0 Å². The molecule has 2 unspecified atom stereocenters. The van der Waals surface area contributed by atoms with Crippen molar-refractivity contribution in [3.05, 3.63) is 0 Å². The van der Waals surface area contributed by atoms with Crippen LogP contribution in [0.3, 0.4) is 0 Å². The van der Waals surface area contributed by atoms with Crippen LogP contribution in [-0.4, -0.2) is 26.8 Å². The highest BCUT2D eigenvalue weighted by atomic mass is 32.2. The minimum atomic E-state index is -3.31. The van der Waals surface area contributed by atoms with Crippen LogP contribution in [0.4, 0.5) is 0 Å². The molecule has 0 bridgehead atoms. The van der Waals surface area contributed by atoms with Gasteiger partial charge < -0.3 is 5.32 Å². The van der Waals surface area contributed by atoms with Crippen LogP contribution in [0.1, 0.15) is 39.0 Å². The summed E-state index contributed by atoms with van der Waals surface area (Å²) in [6.07, 6.45) is 6.11.